The van der Waals surface area contributed by atoms with E-state index in [0.29, 0.717) is 12.5 Å². The highest BCUT2D eigenvalue weighted by atomic mass is 16.5. The lowest BCUT2D eigenvalue weighted by Crippen LogP contribution is -1.99. The largest absolute Gasteiger partial charge is 0.497 e. The first-order valence-electron chi connectivity index (χ1n) is 6.43. The van der Waals surface area contributed by atoms with Gasteiger partial charge in [0, 0.05) is 6.07 Å². The van der Waals surface area contributed by atoms with E-state index in [0.717, 1.165) is 17.0 Å². The normalized spacial score (nSPS) is 10.3. The fourth-order valence-corrected chi connectivity index (χ4v) is 1.82. The van der Waals surface area contributed by atoms with Gasteiger partial charge < -0.3 is 9.47 Å². The van der Waals surface area contributed by atoms with Gasteiger partial charge in [-0.3, -0.25) is 0 Å². The molecule has 0 saturated carbocycles. The van der Waals surface area contributed by atoms with Crippen molar-refractivity contribution in [3.05, 3.63) is 60.6 Å². The Labute approximate surface area is 122 Å². The number of pyridine rings is 1. The van der Waals surface area contributed by atoms with Crippen molar-refractivity contribution in [2.75, 3.05) is 7.11 Å². The lowest BCUT2D eigenvalue weighted by atomic mass is 10.2. The van der Waals surface area contributed by atoms with Crippen LogP contribution < -0.4 is 9.47 Å². The molecule has 3 rings (SSSR count). The molecule has 3 aromatic rings. The third-order valence-corrected chi connectivity index (χ3v) is 2.95. The van der Waals surface area contributed by atoms with Crippen molar-refractivity contribution in [3.8, 4) is 17.3 Å². The summed E-state index contributed by atoms with van der Waals surface area (Å²) < 4.78 is 12.4. The van der Waals surface area contributed by atoms with Gasteiger partial charge in [-0.1, -0.05) is 17.3 Å². The van der Waals surface area contributed by atoms with Crippen LogP contribution in [0.3, 0.4) is 0 Å². The van der Waals surface area contributed by atoms with Crippen LogP contribution in [-0.2, 0) is 6.61 Å². The number of rotatable bonds is 5. The zero-order valence-corrected chi connectivity index (χ0v) is 11.5. The van der Waals surface area contributed by atoms with Crippen molar-refractivity contribution < 1.29 is 9.47 Å². The molecule has 0 radical (unpaired) electrons. The molecule has 0 bridgehead atoms. The molecule has 0 aliphatic rings. The average Bonchev–Trinajstić information content (AvgIpc) is 3.08. The predicted molar refractivity (Wildman–Crippen MR) is 76.5 cm³/mol. The number of aromatic nitrogens is 4. The van der Waals surface area contributed by atoms with Crippen LogP contribution in [0.15, 0.2) is 55.0 Å². The van der Waals surface area contributed by atoms with Gasteiger partial charge in [0.25, 0.3) is 0 Å². The Hall–Kier alpha value is -2.89. The topological polar surface area (TPSA) is 62.1 Å². The minimum Gasteiger partial charge on any atom is -0.497 e. The minimum absolute atomic E-state index is 0.458. The molecule has 0 aliphatic carbocycles. The molecule has 0 amide bonds. The van der Waals surface area contributed by atoms with Crippen LogP contribution in [-0.4, -0.2) is 27.1 Å². The highest BCUT2D eigenvalue weighted by Crippen LogP contribution is 2.15. The quantitative estimate of drug-likeness (QED) is 0.718. The van der Waals surface area contributed by atoms with Gasteiger partial charge in [-0.2, -0.15) is 0 Å². The molecule has 0 spiro atoms. The molecule has 0 atom stereocenters. The number of benzene rings is 1. The molecule has 2 aromatic heterocycles. The number of hydrogen-bond donors (Lipinski definition) is 0. The van der Waals surface area contributed by atoms with Crippen molar-refractivity contribution in [1.29, 1.82) is 0 Å². The van der Waals surface area contributed by atoms with Gasteiger partial charge in [0.2, 0.25) is 5.88 Å². The smallest absolute Gasteiger partial charge is 0.213 e. The van der Waals surface area contributed by atoms with E-state index in [1.807, 2.05) is 30.3 Å². The Morgan fingerprint density at radius 1 is 1.10 bits per heavy atom. The SMILES string of the molecule is COc1ccc(COc2ccc(-n3ccnn3)cn2)cc1. The number of hydrogen-bond acceptors (Lipinski definition) is 5. The van der Waals surface area contributed by atoms with Gasteiger partial charge in [-0.25, -0.2) is 9.67 Å². The Bertz CT molecular complexity index is 679. The molecule has 0 fully saturated rings. The second kappa shape index (κ2) is 6.04. The Balaban J connectivity index is 1.62. The zero-order chi connectivity index (χ0) is 14.5. The molecule has 0 N–H and O–H groups in total. The lowest BCUT2D eigenvalue weighted by Gasteiger charge is -2.07. The van der Waals surface area contributed by atoms with E-state index in [1.54, 1.807) is 36.4 Å². The zero-order valence-electron chi connectivity index (χ0n) is 11.5. The Kier molecular flexibility index (Phi) is 3.77. The number of methoxy groups -OCH3 is 1. The summed E-state index contributed by atoms with van der Waals surface area (Å²) in [5, 5.41) is 7.65. The van der Waals surface area contributed by atoms with Crippen LogP contribution in [0.2, 0.25) is 0 Å². The number of nitrogens with zero attached hydrogens (tertiary/aromatic N) is 4. The van der Waals surface area contributed by atoms with E-state index in [9.17, 15) is 0 Å². The van der Waals surface area contributed by atoms with Crippen LogP contribution in [0.5, 0.6) is 11.6 Å². The molecule has 0 saturated heterocycles. The molecule has 106 valence electrons. The van der Waals surface area contributed by atoms with Gasteiger partial charge >= 0.3 is 0 Å². The van der Waals surface area contributed by atoms with Crippen molar-refractivity contribution in [2.24, 2.45) is 0 Å². The molecular formula is C15H14N4O2. The Morgan fingerprint density at radius 2 is 1.95 bits per heavy atom. The van der Waals surface area contributed by atoms with Gasteiger partial charge in [0.1, 0.15) is 12.4 Å². The average molecular weight is 282 g/mol. The van der Waals surface area contributed by atoms with E-state index >= 15 is 0 Å². The molecule has 6 nitrogen and oxygen atoms in total. The predicted octanol–water partition coefficient (Wildman–Crippen LogP) is 2.25. The molecule has 21 heavy (non-hydrogen) atoms. The number of ether oxygens (including phenoxy) is 2. The van der Waals surface area contributed by atoms with Crippen molar-refractivity contribution in [1.82, 2.24) is 20.0 Å². The van der Waals surface area contributed by atoms with E-state index in [1.165, 1.54) is 0 Å². The van der Waals surface area contributed by atoms with Crippen LogP contribution in [0.25, 0.3) is 5.69 Å². The first kappa shape index (κ1) is 13.1. The molecular weight excluding hydrogens is 268 g/mol. The third-order valence-electron chi connectivity index (χ3n) is 2.95. The first-order valence-corrected chi connectivity index (χ1v) is 6.43. The lowest BCUT2D eigenvalue weighted by molar-refractivity contribution is 0.293. The maximum atomic E-state index is 5.64. The highest BCUT2D eigenvalue weighted by Gasteiger charge is 2.01. The molecule has 0 aliphatic heterocycles. The second-order valence-electron chi connectivity index (χ2n) is 4.34. The molecule has 2 heterocycles. The van der Waals surface area contributed by atoms with Gasteiger partial charge in [0.05, 0.1) is 31.4 Å². The fourth-order valence-electron chi connectivity index (χ4n) is 1.82. The van der Waals surface area contributed by atoms with Crippen molar-refractivity contribution >= 4 is 0 Å². The summed E-state index contributed by atoms with van der Waals surface area (Å²) in [6.07, 6.45) is 5.07. The van der Waals surface area contributed by atoms with Gasteiger partial charge in [-0.05, 0) is 23.8 Å². The monoisotopic (exact) mass is 282 g/mol. The summed E-state index contributed by atoms with van der Waals surface area (Å²) in [6.45, 7) is 0.458. The second-order valence-corrected chi connectivity index (χ2v) is 4.34. The summed E-state index contributed by atoms with van der Waals surface area (Å²) in [5.41, 5.74) is 1.89. The van der Waals surface area contributed by atoms with E-state index in [2.05, 4.69) is 15.3 Å². The minimum atomic E-state index is 0.458. The highest BCUT2D eigenvalue weighted by molar-refractivity contribution is 5.30. The molecule has 0 unspecified atom stereocenters. The van der Waals surface area contributed by atoms with E-state index < -0.39 is 0 Å². The third kappa shape index (κ3) is 3.17. The van der Waals surface area contributed by atoms with Crippen LogP contribution in [0.4, 0.5) is 0 Å². The first-order chi connectivity index (χ1) is 10.3. The maximum Gasteiger partial charge on any atom is 0.213 e. The van der Waals surface area contributed by atoms with Crippen LogP contribution in [0, 0.1) is 0 Å². The summed E-state index contributed by atoms with van der Waals surface area (Å²) >= 11 is 0. The summed E-state index contributed by atoms with van der Waals surface area (Å²) in [5.74, 6) is 1.39. The molecule has 6 heteroatoms. The van der Waals surface area contributed by atoms with Crippen LogP contribution in [0.1, 0.15) is 5.56 Å². The van der Waals surface area contributed by atoms with E-state index in [-0.39, 0.29) is 0 Å². The Morgan fingerprint density at radius 3 is 2.57 bits per heavy atom. The van der Waals surface area contributed by atoms with Crippen molar-refractivity contribution in [2.45, 2.75) is 6.61 Å². The van der Waals surface area contributed by atoms with Gasteiger partial charge in [-0.15, -0.1) is 5.10 Å². The fraction of sp³-hybridized carbons (Fsp3) is 0.133. The van der Waals surface area contributed by atoms with Crippen molar-refractivity contribution in [3.63, 3.8) is 0 Å². The van der Waals surface area contributed by atoms with E-state index in [4.69, 9.17) is 9.47 Å². The van der Waals surface area contributed by atoms with Gasteiger partial charge in [0.15, 0.2) is 0 Å². The summed E-state index contributed by atoms with van der Waals surface area (Å²) in [7, 11) is 1.64. The molecule has 1 aromatic carbocycles. The standard InChI is InChI=1S/C15H14N4O2/c1-20-14-5-2-12(3-6-14)11-21-15-7-4-13(10-16-15)19-9-8-17-18-19/h2-10H,11H2,1H3. The summed E-state index contributed by atoms with van der Waals surface area (Å²) in [6, 6.07) is 11.4. The maximum absolute atomic E-state index is 5.64. The van der Waals surface area contributed by atoms with Crippen LogP contribution >= 0.6 is 0 Å². The summed E-state index contributed by atoms with van der Waals surface area (Å²) in [4.78, 5) is 4.25.